The van der Waals surface area contributed by atoms with Crippen LogP contribution in [0.3, 0.4) is 0 Å². The SMILES string of the molecule is O=C(NCc1ccccc1OC(F)F)C1CCCN(C(=O)Nc2ccccc2)C1. The standard InChI is InChI=1S/C21H23F2N3O3/c22-20(23)29-18-11-5-4-7-15(18)13-24-19(27)16-8-6-12-26(14-16)21(28)25-17-9-2-1-3-10-17/h1-5,7,9-11,16,20H,6,8,12-14H2,(H,24,27)(H,25,28). The Morgan fingerprint density at radius 2 is 1.83 bits per heavy atom. The molecule has 29 heavy (non-hydrogen) atoms. The molecule has 0 saturated carbocycles. The largest absolute Gasteiger partial charge is 0.434 e. The predicted octanol–water partition coefficient (Wildman–Crippen LogP) is 3.85. The van der Waals surface area contributed by atoms with Crippen molar-refractivity contribution in [2.24, 2.45) is 5.92 Å². The number of piperidine rings is 1. The number of hydrogen-bond acceptors (Lipinski definition) is 3. The van der Waals surface area contributed by atoms with Crippen LogP contribution in [0.4, 0.5) is 19.3 Å². The molecule has 1 unspecified atom stereocenters. The van der Waals surface area contributed by atoms with E-state index in [1.54, 1.807) is 35.2 Å². The van der Waals surface area contributed by atoms with Gasteiger partial charge in [-0.3, -0.25) is 4.79 Å². The number of amides is 3. The van der Waals surface area contributed by atoms with Crippen molar-refractivity contribution in [1.82, 2.24) is 10.2 Å². The van der Waals surface area contributed by atoms with E-state index in [2.05, 4.69) is 15.4 Å². The topological polar surface area (TPSA) is 70.7 Å². The first kappa shape index (κ1) is 20.6. The van der Waals surface area contributed by atoms with Gasteiger partial charge in [0.15, 0.2) is 0 Å². The number of carbonyl (C=O) groups excluding carboxylic acids is 2. The molecule has 0 spiro atoms. The average molecular weight is 403 g/mol. The van der Waals surface area contributed by atoms with Crippen LogP contribution in [0.1, 0.15) is 18.4 Å². The minimum atomic E-state index is -2.93. The van der Waals surface area contributed by atoms with Gasteiger partial charge < -0.3 is 20.3 Å². The van der Waals surface area contributed by atoms with E-state index in [0.29, 0.717) is 37.2 Å². The molecule has 1 aliphatic heterocycles. The second-order valence-electron chi connectivity index (χ2n) is 6.79. The Balaban J connectivity index is 1.54. The summed E-state index contributed by atoms with van der Waals surface area (Å²) in [6.45, 7) is -1.97. The number of nitrogens with zero attached hydrogens (tertiary/aromatic N) is 1. The summed E-state index contributed by atoms with van der Waals surface area (Å²) in [6.07, 6.45) is 1.38. The van der Waals surface area contributed by atoms with Gasteiger partial charge in [-0.15, -0.1) is 0 Å². The molecule has 3 amide bonds. The molecule has 6 nitrogen and oxygen atoms in total. The normalized spacial score (nSPS) is 16.4. The summed E-state index contributed by atoms with van der Waals surface area (Å²) < 4.78 is 29.5. The van der Waals surface area contributed by atoms with Crippen LogP contribution in [0.25, 0.3) is 0 Å². The molecule has 0 bridgehead atoms. The summed E-state index contributed by atoms with van der Waals surface area (Å²) >= 11 is 0. The Kier molecular flexibility index (Phi) is 6.99. The molecule has 1 heterocycles. The van der Waals surface area contributed by atoms with E-state index in [-0.39, 0.29) is 30.2 Å². The number of ether oxygens (including phenoxy) is 1. The maximum Gasteiger partial charge on any atom is 0.387 e. The van der Waals surface area contributed by atoms with Crippen LogP contribution in [-0.2, 0) is 11.3 Å². The molecule has 0 aromatic heterocycles. The Labute approximate surface area is 167 Å². The quantitative estimate of drug-likeness (QED) is 0.770. The number of likely N-dealkylation sites (tertiary alicyclic amines) is 1. The molecule has 0 radical (unpaired) electrons. The zero-order chi connectivity index (χ0) is 20.6. The number of anilines is 1. The van der Waals surface area contributed by atoms with Crippen LogP contribution < -0.4 is 15.4 Å². The molecular formula is C21H23F2N3O3. The summed E-state index contributed by atoms with van der Waals surface area (Å²) in [4.78, 5) is 26.7. The molecule has 2 N–H and O–H groups in total. The van der Waals surface area contributed by atoms with E-state index in [0.717, 1.165) is 0 Å². The maximum absolute atomic E-state index is 12.6. The molecule has 1 fully saturated rings. The van der Waals surface area contributed by atoms with Crippen LogP contribution in [0.15, 0.2) is 54.6 Å². The summed E-state index contributed by atoms with van der Waals surface area (Å²) in [5.74, 6) is -0.530. The number of nitrogens with one attached hydrogen (secondary N) is 2. The minimum Gasteiger partial charge on any atom is -0.434 e. The van der Waals surface area contributed by atoms with Gasteiger partial charge in [0.2, 0.25) is 5.91 Å². The van der Waals surface area contributed by atoms with Crippen LogP contribution in [0.5, 0.6) is 5.75 Å². The Hall–Kier alpha value is -3.16. The fourth-order valence-electron chi connectivity index (χ4n) is 3.29. The van der Waals surface area contributed by atoms with Crippen LogP contribution in [0, 0.1) is 5.92 Å². The molecule has 1 aliphatic rings. The lowest BCUT2D eigenvalue weighted by Gasteiger charge is -2.32. The number of benzene rings is 2. The van der Waals surface area contributed by atoms with E-state index in [1.165, 1.54) is 6.07 Å². The third kappa shape index (κ3) is 5.91. The van der Waals surface area contributed by atoms with Gasteiger partial charge in [0.1, 0.15) is 5.75 Å². The molecular weight excluding hydrogens is 380 g/mol. The predicted molar refractivity (Wildman–Crippen MR) is 105 cm³/mol. The fourth-order valence-corrected chi connectivity index (χ4v) is 3.29. The zero-order valence-corrected chi connectivity index (χ0v) is 15.8. The first-order chi connectivity index (χ1) is 14.0. The van der Waals surface area contributed by atoms with Crippen molar-refractivity contribution in [3.63, 3.8) is 0 Å². The summed E-state index contributed by atoms with van der Waals surface area (Å²) in [5.41, 5.74) is 1.16. The highest BCUT2D eigenvalue weighted by Crippen LogP contribution is 2.21. The van der Waals surface area contributed by atoms with Gasteiger partial charge in [-0.1, -0.05) is 36.4 Å². The van der Waals surface area contributed by atoms with Gasteiger partial charge in [-0.25, -0.2) is 4.79 Å². The third-order valence-electron chi connectivity index (χ3n) is 4.75. The Morgan fingerprint density at radius 3 is 2.59 bits per heavy atom. The number of para-hydroxylation sites is 2. The lowest BCUT2D eigenvalue weighted by Crippen LogP contribution is -2.46. The molecule has 2 aromatic carbocycles. The maximum atomic E-state index is 12.6. The highest BCUT2D eigenvalue weighted by atomic mass is 19.3. The van der Waals surface area contributed by atoms with Crippen molar-refractivity contribution in [3.05, 3.63) is 60.2 Å². The number of hydrogen-bond donors (Lipinski definition) is 2. The monoisotopic (exact) mass is 403 g/mol. The number of urea groups is 1. The lowest BCUT2D eigenvalue weighted by molar-refractivity contribution is -0.126. The number of carbonyl (C=O) groups is 2. The summed E-state index contributed by atoms with van der Waals surface area (Å²) in [6, 6.07) is 15.2. The second-order valence-corrected chi connectivity index (χ2v) is 6.79. The number of alkyl halides is 2. The smallest absolute Gasteiger partial charge is 0.387 e. The van der Waals surface area contributed by atoms with Crippen molar-refractivity contribution in [2.75, 3.05) is 18.4 Å². The van der Waals surface area contributed by atoms with Gasteiger partial charge in [0.05, 0.1) is 5.92 Å². The number of rotatable bonds is 6. The fraction of sp³-hybridized carbons (Fsp3) is 0.333. The summed E-state index contributed by atoms with van der Waals surface area (Å²) in [5, 5.41) is 5.59. The molecule has 3 rings (SSSR count). The van der Waals surface area contributed by atoms with Gasteiger partial charge in [0, 0.05) is 30.9 Å². The van der Waals surface area contributed by atoms with Gasteiger partial charge in [-0.2, -0.15) is 8.78 Å². The van der Waals surface area contributed by atoms with Crippen molar-refractivity contribution in [1.29, 1.82) is 0 Å². The number of halogens is 2. The molecule has 1 atom stereocenters. The van der Waals surface area contributed by atoms with Gasteiger partial charge >= 0.3 is 12.6 Å². The first-order valence-electron chi connectivity index (χ1n) is 9.44. The summed E-state index contributed by atoms with van der Waals surface area (Å²) in [7, 11) is 0. The highest BCUT2D eigenvalue weighted by molar-refractivity contribution is 5.90. The van der Waals surface area contributed by atoms with Gasteiger partial charge in [-0.05, 0) is 31.0 Å². The zero-order valence-electron chi connectivity index (χ0n) is 15.8. The van der Waals surface area contributed by atoms with Crippen molar-refractivity contribution in [2.45, 2.75) is 26.0 Å². The van der Waals surface area contributed by atoms with E-state index < -0.39 is 6.61 Å². The average Bonchev–Trinajstić information content (AvgIpc) is 2.73. The van der Waals surface area contributed by atoms with Crippen molar-refractivity contribution in [3.8, 4) is 5.75 Å². The highest BCUT2D eigenvalue weighted by Gasteiger charge is 2.28. The lowest BCUT2D eigenvalue weighted by atomic mass is 9.97. The van der Waals surface area contributed by atoms with E-state index in [4.69, 9.17) is 0 Å². The van der Waals surface area contributed by atoms with E-state index in [1.807, 2.05) is 18.2 Å². The van der Waals surface area contributed by atoms with Crippen LogP contribution in [-0.4, -0.2) is 36.5 Å². The van der Waals surface area contributed by atoms with Gasteiger partial charge in [0.25, 0.3) is 0 Å². The van der Waals surface area contributed by atoms with E-state index >= 15 is 0 Å². The first-order valence-corrected chi connectivity index (χ1v) is 9.44. The Bertz CT molecular complexity index is 833. The molecule has 1 saturated heterocycles. The Morgan fingerprint density at radius 1 is 1.10 bits per heavy atom. The molecule has 0 aliphatic carbocycles. The van der Waals surface area contributed by atoms with Crippen molar-refractivity contribution < 1.29 is 23.1 Å². The molecule has 8 heteroatoms. The molecule has 154 valence electrons. The van der Waals surface area contributed by atoms with Crippen LogP contribution in [0.2, 0.25) is 0 Å². The molecule has 2 aromatic rings. The third-order valence-corrected chi connectivity index (χ3v) is 4.75. The van der Waals surface area contributed by atoms with Crippen LogP contribution >= 0.6 is 0 Å². The van der Waals surface area contributed by atoms with Crippen molar-refractivity contribution >= 4 is 17.6 Å². The second kappa shape index (κ2) is 9.86. The van der Waals surface area contributed by atoms with E-state index in [9.17, 15) is 18.4 Å². The minimum absolute atomic E-state index is 0.0373.